The van der Waals surface area contributed by atoms with Crippen LogP contribution in [-0.2, 0) is 6.42 Å². The molecular formula is C19H17N3. The Bertz CT molecular complexity index is 793. The van der Waals surface area contributed by atoms with Crippen LogP contribution in [0.5, 0.6) is 0 Å². The summed E-state index contributed by atoms with van der Waals surface area (Å²) in [6.45, 7) is 2.18. The molecule has 1 aromatic heterocycles. The summed E-state index contributed by atoms with van der Waals surface area (Å²) in [4.78, 5) is 0. The fourth-order valence-electron chi connectivity index (χ4n) is 2.54. The van der Waals surface area contributed by atoms with Crippen LogP contribution in [0.2, 0.25) is 0 Å². The lowest BCUT2D eigenvalue weighted by Crippen LogP contribution is -1.99. The molecule has 0 unspecified atom stereocenters. The minimum absolute atomic E-state index is 0.427. The maximum absolute atomic E-state index is 9.16. The molecule has 3 rings (SSSR count). The van der Waals surface area contributed by atoms with Crippen molar-refractivity contribution < 1.29 is 0 Å². The first kappa shape index (κ1) is 14.1. The molecule has 0 amide bonds. The number of hydrogen-bond donors (Lipinski definition) is 0. The normalized spacial score (nSPS) is 10.4. The highest BCUT2D eigenvalue weighted by atomic mass is 15.3. The predicted molar refractivity (Wildman–Crippen MR) is 87.7 cm³/mol. The molecule has 0 aliphatic carbocycles. The van der Waals surface area contributed by atoms with Crippen LogP contribution in [0.15, 0.2) is 60.7 Å². The van der Waals surface area contributed by atoms with Gasteiger partial charge in [-0.1, -0.05) is 55.8 Å². The first-order chi connectivity index (χ1) is 10.8. The Morgan fingerprint density at radius 2 is 1.77 bits per heavy atom. The average Bonchev–Trinajstić information content (AvgIpc) is 3.01. The first-order valence-corrected chi connectivity index (χ1v) is 7.46. The SMILES string of the molecule is CCCc1ccc(-c2cc(C#N)nn2-c2ccccc2)cc1. The van der Waals surface area contributed by atoms with E-state index in [1.165, 1.54) is 5.56 Å². The number of para-hydroxylation sites is 1. The first-order valence-electron chi connectivity index (χ1n) is 7.46. The Hall–Kier alpha value is -2.86. The lowest BCUT2D eigenvalue weighted by Gasteiger charge is -2.08. The van der Waals surface area contributed by atoms with E-state index in [1.807, 2.05) is 41.1 Å². The Morgan fingerprint density at radius 3 is 2.41 bits per heavy atom. The standard InChI is InChI=1S/C19H17N3/c1-2-6-15-9-11-16(12-10-15)19-13-17(14-20)21-22(19)18-7-4-3-5-8-18/h3-5,7-13H,2,6H2,1H3. The Kier molecular flexibility index (Phi) is 4.02. The number of rotatable bonds is 4. The van der Waals surface area contributed by atoms with Gasteiger partial charge in [0.1, 0.15) is 6.07 Å². The minimum atomic E-state index is 0.427. The number of aromatic nitrogens is 2. The van der Waals surface area contributed by atoms with Gasteiger partial charge in [0.2, 0.25) is 0 Å². The van der Waals surface area contributed by atoms with E-state index in [9.17, 15) is 0 Å². The molecule has 0 N–H and O–H groups in total. The monoisotopic (exact) mass is 287 g/mol. The third-order valence-corrected chi connectivity index (χ3v) is 3.61. The molecule has 0 saturated heterocycles. The number of benzene rings is 2. The van der Waals surface area contributed by atoms with Crippen LogP contribution in [0, 0.1) is 11.3 Å². The van der Waals surface area contributed by atoms with Gasteiger partial charge < -0.3 is 0 Å². The summed E-state index contributed by atoms with van der Waals surface area (Å²) in [5.41, 5.74) is 4.72. The highest BCUT2D eigenvalue weighted by molar-refractivity contribution is 5.64. The second-order valence-electron chi connectivity index (χ2n) is 5.22. The molecule has 0 radical (unpaired) electrons. The smallest absolute Gasteiger partial charge is 0.163 e. The lowest BCUT2D eigenvalue weighted by molar-refractivity contribution is 0.880. The van der Waals surface area contributed by atoms with Gasteiger partial charge in [-0.15, -0.1) is 0 Å². The molecule has 108 valence electrons. The Balaban J connectivity index is 2.06. The molecule has 3 aromatic rings. The maximum atomic E-state index is 9.16. The van der Waals surface area contributed by atoms with Crippen LogP contribution in [0.4, 0.5) is 0 Å². The van der Waals surface area contributed by atoms with Crippen LogP contribution in [0.3, 0.4) is 0 Å². The van der Waals surface area contributed by atoms with Gasteiger partial charge in [-0.2, -0.15) is 10.4 Å². The Labute approximate surface area is 130 Å². The van der Waals surface area contributed by atoms with Crippen molar-refractivity contribution in [3.63, 3.8) is 0 Å². The van der Waals surface area contributed by atoms with Crippen LogP contribution in [0.25, 0.3) is 16.9 Å². The van der Waals surface area contributed by atoms with E-state index in [1.54, 1.807) is 0 Å². The zero-order chi connectivity index (χ0) is 15.4. The van der Waals surface area contributed by atoms with E-state index >= 15 is 0 Å². The summed E-state index contributed by atoms with van der Waals surface area (Å²) in [6.07, 6.45) is 2.22. The van der Waals surface area contributed by atoms with Crippen LogP contribution >= 0.6 is 0 Å². The second kappa shape index (κ2) is 6.28. The highest BCUT2D eigenvalue weighted by Crippen LogP contribution is 2.24. The van der Waals surface area contributed by atoms with Gasteiger partial charge >= 0.3 is 0 Å². The third kappa shape index (κ3) is 2.77. The van der Waals surface area contributed by atoms with Gasteiger partial charge in [-0.05, 0) is 24.1 Å². The summed E-state index contributed by atoms with van der Waals surface area (Å²) < 4.78 is 1.83. The lowest BCUT2D eigenvalue weighted by atomic mass is 10.1. The summed E-state index contributed by atoms with van der Waals surface area (Å²) in [5.74, 6) is 0. The molecule has 0 aliphatic rings. The van der Waals surface area contributed by atoms with E-state index < -0.39 is 0 Å². The quantitative estimate of drug-likeness (QED) is 0.715. The number of hydrogen-bond acceptors (Lipinski definition) is 2. The molecule has 0 atom stereocenters. The van der Waals surface area contributed by atoms with E-state index in [4.69, 9.17) is 5.26 Å². The molecule has 0 saturated carbocycles. The van der Waals surface area contributed by atoms with Gasteiger partial charge in [0, 0.05) is 11.6 Å². The Morgan fingerprint density at radius 1 is 1.05 bits per heavy atom. The maximum Gasteiger partial charge on any atom is 0.163 e. The number of aryl methyl sites for hydroxylation is 1. The molecular weight excluding hydrogens is 270 g/mol. The summed E-state index contributed by atoms with van der Waals surface area (Å²) in [5, 5.41) is 13.5. The number of nitrogens with zero attached hydrogens (tertiary/aromatic N) is 3. The molecule has 2 aromatic carbocycles. The molecule has 0 aliphatic heterocycles. The number of nitriles is 1. The highest BCUT2D eigenvalue weighted by Gasteiger charge is 2.11. The zero-order valence-corrected chi connectivity index (χ0v) is 12.5. The van der Waals surface area contributed by atoms with Crippen molar-refractivity contribution in [3.05, 3.63) is 71.9 Å². The van der Waals surface area contributed by atoms with Gasteiger partial charge in [-0.3, -0.25) is 0 Å². The molecule has 0 spiro atoms. The van der Waals surface area contributed by atoms with Crippen LogP contribution < -0.4 is 0 Å². The van der Waals surface area contributed by atoms with Crippen molar-refractivity contribution in [2.75, 3.05) is 0 Å². The van der Waals surface area contributed by atoms with Gasteiger partial charge in [-0.25, -0.2) is 4.68 Å². The molecule has 22 heavy (non-hydrogen) atoms. The molecule has 1 heterocycles. The third-order valence-electron chi connectivity index (χ3n) is 3.61. The van der Waals surface area contributed by atoms with Crippen molar-refractivity contribution in [2.24, 2.45) is 0 Å². The summed E-state index contributed by atoms with van der Waals surface area (Å²) in [7, 11) is 0. The minimum Gasteiger partial charge on any atom is -0.232 e. The molecule has 3 heteroatoms. The van der Waals surface area contributed by atoms with Gasteiger partial charge in [0.05, 0.1) is 11.4 Å². The van der Waals surface area contributed by atoms with Crippen molar-refractivity contribution in [1.82, 2.24) is 9.78 Å². The van der Waals surface area contributed by atoms with Crippen molar-refractivity contribution in [3.8, 4) is 23.0 Å². The predicted octanol–water partition coefficient (Wildman–Crippen LogP) is 4.36. The largest absolute Gasteiger partial charge is 0.232 e. The van der Waals surface area contributed by atoms with Gasteiger partial charge in [0.15, 0.2) is 5.69 Å². The van der Waals surface area contributed by atoms with E-state index in [2.05, 4.69) is 42.4 Å². The fraction of sp³-hybridized carbons (Fsp3) is 0.158. The average molecular weight is 287 g/mol. The van der Waals surface area contributed by atoms with Crippen molar-refractivity contribution in [1.29, 1.82) is 5.26 Å². The van der Waals surface area contributed by atoms with E-state index in [0.29, 0.717) is 5.69 Å². The summed E-state index contributed by atoms with van der Waals surface area (Å²) >= 11 is 0. The second-order valence-corrected chi connectivity index (χ2v) is 5.22. The van der Waals surface area contributed by atoms with E-state index in [-0.39, 0.29) is 0 Å². The van der Waals surface area contributed by atoms with Crippen molar-refractivity contribution in [2.45, 2.75) is 19.8 Å². The zero-order valence-electron chi connectivity index (χ0n) is 12.5. The molecule has 3 nitrogen and oxygen atoms in total. The van der Waals surface area contributed by atoms with Crippen LogP contribution in [0.1, 0.15) is 24.6 Å². The van der Waals surface area contributed by atoms with E-state index in [0.717, 1.165) is 29.8 Å². The van der Waals surface area contributed by atoms with Crippen LogP contribution in [-0.4, -0.2) is 9.78 Å². The fourth-order valence-corrected chi connectivity index (χ4v) is 2.54. The van der Waals surface area contributed by atoms with Crippen molar-refractivity contribution >= 4 is 0 Å². The topological polar surface area (TPSA) is 41.6 Å². The summed E-state index contributed by atoms with van der Waals surface area (Å²) in [6, 6.07) is 22.3. The molecule has 0 fully saturated rings. The van der Waals surface area contributed by atoms with Gasteiger partial charge in [0.25, 0.3) is 0 Å². The molecule has 0 bridgehead atoms.